The molecule has 7 heteroatoms. The highest BCUT2D eigenvalue weighted by molar-refractivity contribution is 7.07. The molecule has 0 bridgehead atoms. The quantitative estimate of drug-likeness (QED) is 0.680. The Bertz CT molecular complexity index is 629. The molecule has 1 aromatic heterocycles. The number of carbonyl (C=O) groups is 1. The molecule has 0 fully saturated rings. The number of amides is 1. The van der Waals surface area contributed by atoms with Crippen LogP contribution in [0.15, 0.2) is 35.0 Å². The number of benzene rings is 1. The SMILES string of the molecule is O=C(NCCc1ccsc1)c1cc([N+](=O)[O-])ccc1F. The maximum atomic E-state index is 13.5. The van der Waals surface area contributed by atoms with Crippen LogP contribution in [0.3, 0.4) is 0 Å². The summed E-state index contributed by atoms with van der Waals surface area (Å²) in [4.78, 5) is 21.7. The number of non-ortho nitro benzene ring substituents is 1. The van der Waals surface area contributed by atoms with E-state index >= 15 is 0 Å². The predicted molar refractivity (Wildman–Crippen MR) is 73.4 cm³/mol. The zero-order chi connectivity index (χ0) is 14.5. The van der Waals surface area contributed by atoms with Crippen LogP contribution in [0.1, 0.15) is 15.9 Å². The number of carbonyl (C=O) groups excluding carboxylic acids is 1. The van der Waals surface area contributed by atoms with Crippen molar-refractivity contribution in [1.29, 1.82) is 0 Å². The summed E-state index contributed by atoms with van der Waals surface area (Å²) in [6.07, 6.45) is 0.631. The van der Waals surface area contributed by atoms with Gasteiger partial charge in [0, 0.05) is 18.7 Å². The Morgan fingerprint density at radius 1 is 1.40 bits per heavy atom. The number of nitro benzene ring substituents is 1. The first kappa shape index (κ1) is 14.1. The van der Waals surface area contributed by atoms with E-state index in [2.05, 4.69) is 5.32 Å². The van der Waals surface area contributed by atoms with Gasteiger partial charge < -0.3 is 5.32 Å². The van der Waals surface area contributed by atoms with Crippen LogP contribution in [-0.2, 0) is 6.42 Å². The molecular formula is C13H11FN2O3S. The Labute approximate surface area is 118 Å². The van der Waals surface area contributed by atoms with Gasteiger partial charge in [0.25, 0.3) is 11.6 Å². The van der Waals surface area contributed by atoms with Gasteiger partial charge in [-0.1, -0.05) is 0 Å². The lowest BCUT2D eigenvalue weighted by Crippen LogP contribution is -2.26. The van der Waals surface area contributed by atoms with Crippen molar-refractivity contribution in [3.05, 3.63) is 62.1 Å². The largest absolute Gasteiger partial charge is 0.352 e. The minimum atomic E-state index is -0.774. The second kappa shape index (κ2) is 6.25. The van der Waals surface area contributed by atoms with Crippen molar-refractivity contribution in [3.63, 3.8) is 0 Å². The summed E-state index contributed by atoms with van der Waals surface area (Å²) < 4.78 is 13.5. The molecule has 0 saturated carbocycles. The molecular weight excluding hydrogens is 283 g/mol. The molecule has 1 N–H and O–H groups in total. The molecule has 2 rings (SSSR count). The molecule has 0 atom stereocenters. The Kier molecular flexibility index (Phi) is 4.41. The first-order valence-electron chi connectivity index (χ1n) is 5.81. The molecule has 0 aliphatic rings. The van der Waals surface area contributed by atoms with E-state index in [9.17, 15) is 19.3 Å². The fourth-order valence-electron chi connectivity index (χ4n) is 1.65. The maximum absolute atomic E-state index is 13.5. The number of nitro groups is 1. The Balaban J connectivity index is 2.01. The van der Waals surface area contributed by atoms with E-state index in [4.69, 9.17) is 0 Å². The molecule has 5 nitrogen and oxygen atoms in total. The fraction of sp³-hybridized carbons (Fsp3) is 0.154. The van der Waals surface area contributed by atoms with Crippen LogP contribution >= 0.6 is 11.3 Å². The van der Waals surface area contributed by atoms with Gasteiger partial charge in [-0.25, -0.2) is 4.39 Å². The van der Waals surface area contributed by atoms with Gasteiger partial charge in [0.15, 0.2) is 0 Å². The maximum Gasteiger partial charge on any atom is 0.270 e. The molecule has 1 aromatic carbocycles. The van der Waals surface area contributed by atoms with Gasteiger partial charge in [0.2, 0.25) is 0 Å². The van der Waals surface area contributed by atoms with E-state index in [1.54, 1.807) is 11.3 Å². The zero-order valence-corrected chi connectivity index (χ0v) is 11.2. The number of thiophene rings is 1. The third kappa shape index (κ3) is 3.39. The van der Waals surface area contributed by atoms with Gasteiger partial charge in [0.05, 0.1) is 10.5 Å². The number of halogens is 1. The molecule has 0 spiro atoms. The van der Waals surface area contributed by atoms with E-state index in [0.29, 0.717) is 13.0 Å². The van der Waals surface area contributed by atoms with Crippen LogP contribution in [0.25, 0.3) is 0 Å². The third-order valence-corrected chi connectivity index (χ3v) is 3.42. The van der Waals surface area contributed by atoms with Crippen molar-refractivity contribution in [2.24, 2.45) is 0 Å². The van der Waals surface area contributed by atoms with E-state index in [-0.39, 0.29) is 11.3 Å². The number of hydrogen-bond acceptors (Lipinski definition) is 4. The van der Waals surface area contributed by atoms with Crippen LogP contribution in [0.4, 0.5) is 10.1 Å². The number of nitrogens with one attached hydrogen (secondary N) is 1. The standard InChI is InChI=1S/C13H11FN2O3S/c14-12-2-1-10(16(18)19)7-11(12)13(17)15-5-3-9-4-6-20-8-9/h1-2,4,6-8H,3,5H2,(H,15,17). The average Bonchev–Trinajstić information content (AvgIpc) is 2.92. The second-order valence-corrected chi connectivity index (χ2v) is 4.84. The first-order valence-corrected chi connectivity index (χ1v) is 6.75. The van der Waals surface area contributed by atoms with E-state index in [0.717, 1.165) is 23.8 Å². The number of nitrogens with zero attached hydrogens (tertiary/aromatic N) is 1. The lowest BCUT2D eigenvalue weighted by molar-refractivity contribution is -0.384. The van der Waals surface area contributed by atoms with Crippen molar-refractivity contribution in [1.82, 2.24) is 5.32 Å². The lowest BCUT2D eigenvalue weighted by atomic mass is 10.1. The van der Waals surface area contributed by atoms with Gasteiger partial charge >= 0.3 is 0 Å². The molecule has 0 aliphatic heterocycles. The lowest BCUT2D eigenvalue weighted by Gasteiger charge is -2.05. The van der Waals surface area contributed by atoms with Gasteiger partial charge in [0.1, 0.15) is 5.82 Å². The molecule has 104 valence electrons. The van der Waals surface area contributed by atoms with Gasteiger partial charge in [-0.15, -0.1) is 0 Å². The van der Waals surface area contributed by atoms with Crippen molar-refractivity contribution in [3.8, 4) is 0 Å². The smallest absolute Gasteiger partial charge is 0.270 e. The summed E-state index contributed by atoms with van der Waals surface area (Å²) in [6, 6.07) is 4.82. The molecule has 0 unspecified atom stereocenters. The highest BCUT2D eigenvalue weighted by atomic mass is 32.1. The minimum Gasteiger partial charge on any atom is -0.352 e. The summed E-state index contributed by atoms with van der Waals surface area (Å²) in [6.45, 7) is 0.345. The average molecular weight is 294 g/mol. The predicted octanol–water partition coefficient (Wildman–Crippen LogP) is 2.77. The van der Waals surface area contributed by atoms with Crippen molar-refractivity contribution in [2.45, 2.75) is 6.42 Å². The first-order chi connectivity index (χ1) is 9.58. The highest BCUT2D eigenvalue weighted by Gasteiger charge is 2.16. The van der Waals surface area contributed by atoms with E-state index < -0.39 is 16.6 Å². The van der Waals surface area contributed by atoms with Crippen LogP contribution in [-0.4, -0.2) is 17.4 Å². The van der Waals surface area contributed by atoms with Crippen LogP contribution in [0, 0.1) is 15.9 Å². The molecule has 2 aromatic rings. The van der Waals surface area contributed by atoms with Gasteiger partial charge in [-0.2, -0.15) is 11.3 Å². The summed E-state index contributed by atoms with van der Waals surface area (Å²) in [5.74, 6) is -1.43. The number of rotatable bonds is 5. The zero-order valence-electron chi connectivity index (χ0n) is 10.3. The Morgan fingerprint density at radius 3 is 2.85 bits per heavy atom. The van der Waals surface area contributed by atoms with Gasteiger partial charge in [-0.05, 0) is 34.9 Å². The third-order valence-electron chi connectivity index (χ3n) is 2.68. The van der Waals surface area contributed by atoms with Crippen molar-refractivity contribution < 1.29 is 14.1 Å². The van der Waals surface area contributed by atoms with Gasteiger partial charge in [-0.3, -0.25) is 14.9 Å². The Morgan fingerprint density at radius 2 is 2.20 bits per heavy atom. The fourth-order valence-corrected chi connectivity index (χ4v) is 2.35. The molecule has 0 aliphatic carbocycles. The summed E-state index contributed by atoms with van der Waals surface area (Å²) in [5, 5.41) is 17.0. The van der Waals surface area contributed by atoms with Crippen LogP contribution < -0.4 is 5.32 Å². The second-order valence-electron chi connectivity index (χ2n) is 4.06. The normalized spacial score (nSPS) is 10.2. The van der Waals surface area contributed by atoms with Crippen molar-refractivity contribution >= 4 is 22.9 Å². The molecule has 0 radical (unpaired) electrons. The summed E-state index contributed by atoms with van der Waals surface area (Å²) in [7, 11) is 0. The van der Waals surface area contributed by atoms with Crippen LogP contribution in [0.2, 0.25) is 0 Å². The summed E-state index contributed by atoms with van der Waals surface area (Å²) >= 11 is 1.55. The monoisotopic (exact) mass is 294 g/mol. The molecule has 0 saturated heterocycles. The number of hydrogen-bond donors (Lipinski definition) is 1. The Hall–Kier alpha value is -2.28. The summed E-state index contributed by atoms with van der Waals surface area (Å²) in [5.41, 5.74) is 0.453. The molecule has 1 amide bonds. The molecule has 1 heterocycles. The topological polar surface area (TPSA) is 72.2 Å². The van der Waals surface area contributed by atoms with E-state index in [1.807, 2.05) is 16.8 Å². The minimum absolute atomic E-state index is 0.311. The van der Waals surface area contributed by atoms with Crippen molar-refractivity contribution in [2.75, 3.05) is 6.54 Å². The highest BCUT2D eigenvalue weighted by Crippen LogP contribution is 2.16. The van der Waals surface area contributed by atoms with Crippen LogP contribution in [0.5, 0.6) is 0 Å². The molecule has 20 heavy (non-hydrogen) atoms. The van der Waals surface area contributed by atoms with E-state index in [1.165, 1.54) is 0 Å².